The van der Waals surface area contributed by atoms with Crippen molar-refractivity contribution in [1.29, 1.82) is 0 Å². The summed E-state index contributed by atoms with van der Waals surface area (Å²) in [6.07, 6.45) is 4.81. The second-order valence-corrected chi connectivity index (χ2v) is 9.19. The minimum Gasteiger partial charge on any atom is -0.457 e. The topological polar surface area (TPSA) is 85.7 Å². The molecule has 2 amide bonds. The lowest BCUT2D eigenvalue weighted by atomic mass is 9.85. The summed E-state index contributed by atoms with van der Waals surface area (Å²) in [6, 6.07) is 9.31. The molecule has 1 aliphatic carbocycles. The lowest BCUT2D eigenvalue weighted by Gasteiger charge is -2.14. The molecule has 1 fully saturated rings. The van der Waals surface area contributed by atoms with E-state index in [1.807, 2.05) is 54.8 Å². The zero-order chi connectivity index (χ0) is 24.4. The highest BCUT2D eigenvalue weighted by Crippen LogP contribution is 2.35. The molecule has 8 heteroatoms. The highest BCUT2D eigenvalue weighted by Gasteiger charge is 2.46. The number of carbonyl (C=O) groups excluding carboxylic acids is 4. The van der Waals surface area contributed by atoms with Crippen molar-refractivity contribution in [2.24, 2.45) is 11.8 Å². The predicted octanol–water partition coefficient (Wildman–Crippen LogP) is 3.87. The fourth-order valence-corrected chi connectivity index (χ4v) is 4.91. The van der Waals surface area contributed by atoms with Crippen molar-refractivity contribution >= 4 is 35.2 Å². The van der Waals surface area contributed by atoms with Gasteiger partial charge < -0.3 is 9.30 Å². The number of esters is 1. The van der Waals surface area contributed by atoms with Crippen LogP contribution in [0.1, 0.15) is 46.6 Å². The number of hydrogen-bond acceptors (Lipinski definition) is 5. The van der Waals surface area contributed by atoms with Crippen LogP contribution in [0.15, 0.2) is 42.5 Å². The van der Waals surface area contributed by atoms with Crippen LogP contribution in [-0.2, 0) is 25.7 Å². The number of hydrogen-bond donors (Lipinski definition) is 0. The molecule has 0 spiro atoms. The number of benzene rings is 1. The number of ketones is 1. The van der Waals surface area contributed by atoms with Gasteiger partial charge in [-0.2, -0.15) is 0 Å². The lowest BCUT2D eigenvalue weighted by molar-refractivity contribution is -0.145. The van der Waals surface area contributed by atoms with E-state index in [0.717, 1.165) is 21.9 Å². The Hall–Kier alpha value is -3.19. The molecule has 2 aromatic rings. The van der Waals surface area contributed by atoms with E-state index < -0.39 is 12.6 Å². The van der Waals surface area contributed by atoms with Gasteiger partial charge >= 0.3 is 5.97 Å². The van der Waals surface area contributed by atoms with E-state index in [-0.39, 0.29) is 42.4 Å². The van der Waals surface area contributed by atoms with E-state index in [4.69, 9.17) is 16.3 Å². The predicted molar refractivity (Wildman–Crippen MR) is 126 cm³/mol. The molecule has 1 aromatic heterocycles. The summed E-state index contributed by atoms with van der Waals surface area (Å²) < 4.78 is 7.16. The van der Waals surface area contributed by atoms with Crippen molar-refractivity contribution < 1.29 is 23.9 Å². The SMILES string of the molecule is Cc1cc(C(=O)COC(=O)CCN2C(=O)[C@H]3CC=CC[C@@H]3C2=O)c(C)n1Cc1ccccc1Cl. The first kappa shape index (κ1) is 24.0. The Labute approximate surface area is 203 Å². The Morgan fingerprint density at radius 1 is 1.06 bits per heavy atom. The average Bonchev–Trinajstić information content (AvgIpc) is 3.25. The fourth-order valence-electron chi connectivity index (χ4n) is 4.71. The number of amides is 2. The van der Waals surface area contributed by atoms with Crippen molar-refractivity contribution in [2.45, 2.75) is 39.7 Å². The van der Waals surface area contributed by atoms with Crippen LogP contribution >= 0.6 is 11.6 Å². The van der Waals surface area contributed by atoms with E-state index in [9.17, 15) is 19.2 Å². The molecule has 2 heterocycles. The molecule has 7 nitrogen and oxygen atoms in total. The number of likely N-dealkylation sites (tertiary alicyclic amines) is 1. The molecule has 1 aromatic carbocycles. The van der Waals surface area contributed by atoms with Crippen molar-refractivity contribution in [3.05, 3.63) is 70.0 Å². The number of nitrogens with zero attached hydrogens (tertiary/aromatic N) is 2. The highest BCUT2D eigenvalue weighted by molar-refractivity contribution is 6.31. The van der Waals surface area contributed by atoms with E-state index in [0.29, 0.717) is 30.0 Å². The highest BCUT2D eigenvalue weighted by atomic mass is 35.5. The summed E-state index contributed by atoms with van der Waals surface area (Å²) in [7, 11) is 0. The van der Waals surface area contributed by atoms with Gasteiger partial charge in [0, 0.05) is 35.1 Å². The van der Waals surface area contributed by atoms with Gasteiger partial charge in [-0.15, -0.1) is 0 Å². The van der Waals surface area contributed by atoms with Crippen LogP contribution in [0, 0.1) is 25.7 Å². The van der Waals surface area contributed by atoms with Gasteiger partial charge in [-0.05, 0) is 44.4 Å². The van der Waals surface area contributed by atoms with Crippen LogP contribution in [0.25, 0.3) is 0 Å². The Morgan fingerprint density at radius 3 is 2.35 bits per heavy atom. The van der Waals surface area contributed by atoms with Gasteiger partial charge in [0.2, 0.25) is 17.6 Å². The normalized spacial score (nSPS) is 19.4. The molecule has 4 rings (SSSR count). The molecule has 0 unspecified atom stereocenters. The number of aryl methyl sites for hydroxylation is 1. The zero-order valence-electron chi connectivity index (χ0n) is 19.3. The van der Waals surface area contributed by atoms with E-state index in [1.54, 1.807) is 6.07 Å². The molecule has 0 bridgehead atoms. The number of imide groups is 1. The molecule has 1 saturated heterocycles. The standard InChI is InChI=1S/C26H27ClN2O5/c1-16-13-21(17(2)29(16)14-18-7-3-6-10-22(18)27)23(30)15-34-24(31)11-12-28-25(32)19-8-4-5-9-20(19)26(28)33/h3-7,10,13,19-20H,8-9,11-12,14-15H2,1-2H3/t19-,20-/m0/s1. The second kappa shape index (κ2) is 9.97. The molecule has 0 saturated carbocycles. The third-order valence-corrected chi connectivity index (χ3v) is 7.03. The number of halogens is 1. The third-order valence-electron chi connectivity index (χ3n) is 6.66. The van der Waals surface area contributed by atoms with Crippen LogP contribution in [0.3, 0.4) is 0 Å². The van der Waals surface area contributed by atoms with Crippen molar-refractivity contribution in [3.8, 4) is 0 Å². The Bertz CT molecular complexity index is 1160. The van der Waals surface area contributed by atoms with Gasteiger partial charge in [-0.3, -0.25) is 24.1 Å². The molecule has 0 N–H and O–H groups in total. The van der Waals surface area contributed by atoms with Crippen molar-refractivity contribution in [2.75, 3.05) is 13.2 Å². The van der Waals surface area contributed by atoms with Gasteiger partial charge in [0.25, 0.3) is 0 Å². The van der Waals surface area contributed by atoms with Crippen LogP contribution < -0.4 is 0 Å². The second-order valence-electron chi connectivity index (χ2n) is 8.78. The third kappa shape index (κ3) is 4.71. The molecule has 2 aliphatic rings. The smallest absolute Gasteiger partial charge is 0.308 e. The fraction of sp³-hybridized carbons (Fsp3) is 0.385. The van der Waals surface area contributed by atoms with Gasteiger partial charge in [0.05, 0.1) is 18.3 Å². The monoisotopic (exact) mass is 482 g/mol. The van der Waals surface area contributed by atoms with E-state index in [1.165, 1.54) is 0 Å². The average molecular weight is 483 g/mol. The Morgan fingerprint density at radius 2 is 1.71 bits per heavy atom. The quantitative estimate of drug-likeness (QED) is 0.247. The summed E-state index contributed by atoms with van der Waals surface area (Å²) in [5.74, 6) is -2.03. The number of ether oxygens (including phenoxy) is 1. The summed E-state index contributed by atoms with van der Waals surface area (Å²) in [4.78, 5) is 51.1. The minimum absolute atomic E-state index is 0.0238. The van der Waals surface area contributed by atoms with Crippen molar-refractivity contribution in [3.63, 3.8) is 0 Å². The maximum absolute atomic E-state index is 12.7. The summed E-state index contributed by atoms with van der Waals surface area (Å²) in [6.45, 7) is 3.86. The number of aromatic nitrogens is 1. The maximum Gasteiger partial charge on any atom is 0.308 e. The number of carbonyl (C=O) groups is 4. The number of rotatable bonds is 8. The summed E-state index contributed by atoms with van der Waals surface area (Å²) in [5.41, 5.74) is 3.09. The van der Waals surface area contributed by atoms with Gasteiger partial charge in [0.1, 0.15) is 0 Å². The van der Waals surface area contributed by atoms with E-state index in [2.05, 4.69) is 0 Å². The van der Waals surface area contributed by atoms with Crippen molar-refractivity contribution in [1.82, 2.24) is 9.47 Å². The van der Waals surface area contributed by atoms with Gasteiger partial charge in [-0.25, -0.2) is 0 Å². The molecular weight excluding hydrogens is 456 g/mol. The summed E-state index contributed by atoms with van der Waals surface area (Å²) >= 11 is 6.28. The Kier molecular flexibility index (Phi) is 7.03. The molecule has 1 aliphatic heterocycles. The molecule has 2 atom stereocenters. The Balaban J connectivity index is 1.32. The molecule has 178 valence electrons. The lowest BCUT2D eigenvalue weighted by Crippen LogP contribution is -2.33. The molecular formula is C26H27ClN2O5. The summed E-state index contributed by atoms with van der Waals surface area (Å²) in [5, 5.41) is 0.655. The van der Waals surface area contributed by atoms with Gasteiger partial charge in [0.15, 0.2) is 6.61 Å². The molecule has 34 heavy (non-hydrogen) atoms. The number of allylic oxidation sites excluding steroid dienone is 2. The van der Waals surface area contributed by atoms with Crippen LogP contribution in [0.5, 0.6) is 0 Å². The van der Waals surface area contributed by atoms with E-state index >= 15 is 0 Å². The minimum atomic E-state index is -0.619. The first-order valence-corrected chi connectivity index (χ1v) is 11.7. The first-order valence-electron chi connectivity index (χ1n) is 11.4. The largest absolute Gasteiger partial charge is 0.457 e. The number of Topliss-reactive ketones (excluding diaryl/α,β-unsaturated/α-hetero) is 1. The van der Waals surface area contributed by atoms with Crippen LogP contribution in [0.2, 0.25) is 5.02 Å². The molecule has 0 radical (unpaired) electrons. The first-order chi connectivity index (χ1) is 16.3. The number of fused-ring (bicyclic) bond motifs is 1. The van der Waals surface area contributed by atoms with Crippen LogP contribution in [0.4, 0.5) is 0 Å². The maximum atomic E-state index is 12.7. The van der Waals surface area contributed by atoms with Crippen LogP contribution in [-0.4, -0.2) is 46.2 Å². The zero-order valence-corrected chi connectivity index (χ0v) is 20.0. The van der Waals surface area contributed by atoms with Gasteiger partial charge in [-0.1, -0.05) is 42.0 Å².